The van der Waals surface area contributed by atoms with Crippen LogP contribution in [0, 0.1) is 5.92 Å². The molecule has 0 amide bonds. The maximum Gasteiger partial charge on any atom is 0.213 e. The van der Waals surface area contributed by atoms with Gasteiger partial charge in [-0.3, -0.25) is 0 Å². The van der Waals surface area contributed by atoms with Gasteiger partial charge in [-0.2, -0.15) is 0 Å². The molecular formula is C22H30N4O3. The number of aromatic nitrogens is 1. The second-order valence-corrected chi connectivity index (χ2v) is 7.60. The molecule has 1 unspecified atom stereocenters. The van der Waals surface area contributed by atoms with Gasteiger partial charge in [-0.05, 0) is 43.0 Å². The lowest BCUT2D eigenvalue weighted by Crippen LogP contribution is -2.22. The summed E-state index contributed by atoms with van der Waals surface area (Å²) in [5, 5.41) is 3.10. The molecule has 0 bridgehead atoms. The highest BCUT2D eigenvalue weighted by molar-refractivity contribution is 5.92. The Morgan fingerprint density at radius 2 is 1.97 bits per heavy atom. The summed E-state index contributed by atoms with van der Waals surface area (Å²) < 4.78 is 17.2. The van der Waals surface area contributed by atoms with Gasteiger partial charge in [0.2, 0.25) is 5.88 Å². The average Bonchev–Trinajstić information content (AvgIpc) is 2.91. The van der Waals surface area contributed by atoms with Crippen LogP contribution in [-0.4, -0.2) is 30.3 Å². The van der Waals surface area contributed by atoms with Crippen LogP contribution in [0.3, 0.4) is 0 Å². The average molecular weight is 399 g/mol. The third-order valence-corrected chi connectivity index (χ3v) is 4.38. The lowest BCUT2D eigenvalue weighted by atomic mass is 10.1. The van der Waals surface area contributed by atoms with Crippen molar-refractivity contribution >= 4 is 11.6 Å². The van der Waals surface area contributed by atoms with E-state index in [2.05, 4.69) is 36.1 Å². The van der Waals surface area contributed by atoms with E-state index in [0.717, 1.165) is 29.8 Å². The molecule has 3 rings (SSSR count). The van der Waals surface area contributed by atoms with Crippen molar-refractivity contribution in [2.75, 3.05) is 18.5 Å². The fourth-order valence-corrected chi connectivity index (χ4v) is 3.14. The van der Waals surface area contributed by atoms with Crippen molar-refractivity contribution in [2.45, 2.75) is 46.3 Å². The highest BCUT2D eigenvalue weighted by Crippen LogP contribution is 2.32. The van der Waals surface area contributed by atoms with Crippen LogP contribution >= 0.6 is 0 Å². The first-order chi connectivity index (χ1) is 14.0. The van der Waals surface area contributed by atoms with Gasteiger partial charge in [-0.15, -0.1) is 0 Å². The van der Waals surface area contributed by atoms with Gasteiger partial charge < -0.3 is 25.3 Å². The van der Waals surface area contributed by atoms with E-state index in [0.29, 0.717) is 43.3 Å². The normalized spacial score (nSPS) is 15.0. The predicted octanol–water partition coefficient (Wildman–Crippen LogP) is 3.98. The zero-order chi connectivity index (χ0) is 20.6. The molecule has 1 aliphatic heterocycles. The highest BCUT2D eigenvalue weighted by Gasteiger charge is 2.11. The molecule has 1 atom stereocenters. The molecule has 0 saturated heterocycles. The fourth-order valence-electron chi connectivity index (χ4n) is 3.14. The number of pyridine rings is 1. The second-order valence-electron chi connectivity index (χ2n) is 7.60. The minimum Gasteiger partial charge on any atom is -0.490 e. The SMILES string of the molecule is CC(C)CC(C)Oc1cc(CN=C(N)Nc2ccc3c(c2)OCCCO3)ccn1. The van der Waals surface area contributed by atoms with E-state index in [4.69, 9.17) is 19.9 Å². The Morgan fingerprint density at radius 1 is 1.17 bits per heavy atom. The Morgan fingerprint density at radius 3 is 2.76 bits per heavy atom. The zero-order valence-corrected chi connectivity index (χ0v) is 17.4. The van der Waals surface area contributed by atoms with Gasteiger partial charge in [0.05, 0.1) is 25.9 Å². The van der Waals surface area contributed by atoms with Crippen molar-refractivity contribution in [1.29, 1.82) is 0 Å². The van der Waals surface area contributed by atoms with Crippen LogP contribution in [0.15, 0.2) is 41.5 Å². The number of nitrogens with two attached hydrogens (primary N) is 1. The van der Waals surface area contributed by atoms with E-state index in [1.54, 1.807) is 6.20 Å². The van der Waals surface area contributed by atoms with Gasteiger partial charge in [0.15, 0.2) is 17.5 Å². The van der Waals surface area contributed by atoms with Crippen molar-refractivity contribution in [3.63, 3.8) is 0 Å². The summed E-state index contributed by atoms with van der Waals surface area (Å²) in [6.07, 6.45) is 3.70. The van der Waals surface area contributed by atoms with Crippen molar-refractivity contribution in [3.05, 3.63) is 42.1 Å². The molecule has 1 aliphatic rings. The standard InChI is InChI=1S/C22H30N4O3/c1-15(2)11-16(3)29-21-12-17(7-8-24-21)14-25-22(23)26-18-5-6-19-20(13-18)28-10-4-9-27-19/h5-8,12-13,15-16H,4,9-11,14H2,1-3H3,(H3,23,25,26). The third kappa shape index (κ3) is 6.55. The van der Waals surface area contributed by atoms with Crippen LogP contribution in [0.1, 0.15) is 39.2 Å². The molecule has 0 aliphatic carbocycles. The number of ether oxygens (including phenoxy) is 3. The molecule has 0 fully saturated rings. The van der Waals surface area contributed by atoms with E-state index < -0.39 is 0 Å². The number of guanidine groups is 1. The van der Waals surface area contributed by atoms with Gasteiger partial charge in [0.25, 0.3) is 0 Å². The lowest BCUT2D eigenvalue weighted by Gasteiger charge is -2.16. The molecule has 1 aromatic heterocycles. The first kappa shape index (κ1) is 20.8. The Hall–Kier alpha value is -2.96. The monoisotopic (exact) mass is 398 g/mol. The quantitative estimate of drug-likeness (QED) is 0.541. The first-order valence-electron chi connectivity index (χ1n) is 10.1. The fraction of sp³-hybridized carbons (Fsp3) is 0.455. The number of rotatable bonds is 7. The van der Waals surface area contributed by atoms with Gasteiger partial charge in [-0.25, -0.2) is 9.98 Å². The molecule has 2 aromatic rings. The topological polar surface area (TPSA) is 91.0 Å². The van der Waals surface area contributed by atoms with Crippen molar-refractivity contribution in [1.82, 2.24) is 4.98 Å². The first-order valence-corrected chi connectivity index (χ1v) is 10.1. The molecule has 7 nitrogen and oxygen atoms in total. The number of hydrogen-bond donors (Lipinski definition) is 2. The van der Waals surface area contributed by atoms with E-state index >= 15 is 0 Å². The molecule has 156 valence electrons. The Balaban J connectivity index is 1.58. The number of anilines is 1. The Bertz CT molecular complexity index is 839. The zero-order valence-electron chi connectivity index (χ0n) is 17.4. The van der Waals surface area contributed by atoms with Gasteiger partial charge in [0, 0.05) is 30.4 Å². The minimum atomic E-state index is 0.118. The smallest absolute Gasteiger partial charge is 0.213 e. The van der Waals surface area contributed by atoms with Crippen LogP contribution < -0.4 is 25.3 Å². The van der Waals surface area contributed by atoms with Gasteiger partial charge in [-0.1, -0.05) is 13.8 Å². The molecule has 0 saturated carbocycles. The summed E-state index contributed by atoms with van der Waals surface area (Å²) in [6.45, 7) is 8.15. The van der Waals surface area contributed by atoms with E-state index in [-0.39, 0.29) is 6.10 Å². The number of nitrogens with one attached hydrogen (secondary N) is 1. The van der Waals surface area contributed by atoms with Crippen molar-refractivity contribution < 1.29 is 14.2 Å². The predicted molar refractivity (Wildman–Crippen MR) is 115 cm³/mol. The van der Waals surface area contributed by atoms with Crippen molar-refractivity contribution in [2.24, 2.45) is 16.6 Å². The summed E-state index contributed by atoms with van der Waals surface area (Å²) in [5.41, 5.74) is 7.84. The van der Waals surface area contributed by atoms with Crippen LogP contribution in [0.2, 0.25) is 0 Å². The lowest BCUT2D eigenvalue weighted by molar-refractivity contribution is 0.185. The number of hydrogen-bond acceptors (Lipinski definition) is 5. The summed E-state index contributed by atoms with van der Waals surface area (Å²) in [5.74, 6) is 2.98. The summed E-state index contributed by atoms with van der Waals surface area (Å²) in [4.78, 5) is 8.70. The van der Waals surface area contributed by atoms with Crippen molar-refractivity contribution in [3.8, 4) is 17.4 Å². The molecule has 2 heterocycles. The summed E-state index contributed by atoms with van der Waals surface area (Å²) in [7, 11) is 0. The molecule has 0 spiro atoms. The Labute approximate surface area is 172 Å². The van der Waals surface area contributed by atoms with E-state index in [9.17, 15) is 0 Å². The molecule has 7 heteroatoms. The molecular weight excluding hydrogens is 368 g/mol. The Kier molecular flexibility index (Phi) is 7.16. The third-order valence-electron chi connectivity index (χ3n) is 4.38. The maximum absolute atomic E-state index is 6.05. The van der Waals surface area contributed by atoms with Gasteiger partial charge in [0.1, 0.15) is 0 Å². The van der Waals surface area contributed by atoms with E-state index in [1.165, 1.54) is 0 Å². The van der Waals surface area contributed by atoms with Gasteiger partial charge >= 0.3 is 0 Å². The van der Waals surface area contributed by atoms with E-state index in [1.807, 2.05) is 30.3 Å². The van der Waals surface area contributed by atoms with Crippen LogP contribution in [0.4, 0.5) is 5.69 Å². The molecule has 29 heavy (non-hydrogen) atoms. The number of benzene rings is 1. The molecule has 0 radical (unpaired) electrons. The number of fused-ring (bicyclic) bond motifs is 1. The van der Waals surface area contributed by atoms with Crippen LogP contribution in [0.25, 0.3) is 0 Å². The largest absolute Gasteiger partial charge is 0.490 e. The maximum atomic E-state index is 6.05. The van der Waals surface area contributed by atoms with Crippen LogP contribution in [-0.2, 0) is 6.54 Å². The molecule has 3 N–H and O–H groups in total. The highest BCUT2D eigenvalue weighted by atomic mass is 16.5. The summed E-state index contributed by atoms with van der Waals surface area (Å²) >= 11 is 0. The minimum absolute atomic E-state index is 0.118. The number of aliphatic imine (C=N–C) groups is 1. The molecule has 1 aromatic carbocycles. The van der Waals surface area contributed by atoms with Crippen LogP contribution in [0.5, 0.6) is 17.4 Å². The second kappa shape index (κ2) is 10.0. The number of nitrogens with zero attached hydrogens (tertiary/aromatic N) is 2. The summed E-state index contributed by atoms with van der Waals surface area (Å²) in [6, 6.07) is 9.45.